The molecule has 0 heterocycles. The van der Waals surface area contributed by atoms with Crippen LogP contribution in [0.1, 0.15) is 129 Å². The highest BCUT2D eigenvalue weighted by molar-refractivity contribution is 5.26. The Morgan fingerprint density at radius 2 is 1.48 bits per heavy atom. The third-order valence-electron chi connectivity index (χ3n) is 8.97. The van der Waals surface area contributed by atoms with E-state index in [0.717, 1.165) is 36.5 Å². The van der Waals surface area contributed by atoms with Crippen LogP contribution >= 0.6 is 0 Å². The molecule has 164 valence electrons. The number of nitriles is 1. The van der Waals surface area contributed by atoms with Crippen molar-refractivity contribution < 1.29 is 0 Å². The van der Waals surface area contributed by atoms with Gasteiger partial charge in [-0.25, -0.2) is 0 Å². The minimum Gasteiger partial charge on any atom is -0.197 e. The molecule has 2 fully saturated rings. The molecule has 2 saturated carbocycles. The van der Waals surface area contributed by atoms with Gasteiger partial charge in [-0.2, -0.15) is 5.26 Å². The van der Waals surface area contributed by atoms with Crippen LogP contribution in [0.2, 0.25) is 0 Å². The van der Waals surface area contributed by atoms with E-state index in [0.29, 0.717) is 0 Å². The lowest BCUT2D eigenvalue weighted by Gasteiger charge is -2.42. The summed E-state index contributed by atoms with van der Waals surface area (Å²) in [6.07, 6.45) is 26.9. The lowest BCUT2D eigenvalue weighted by molar-refractivity contribution is 0.130. The summed E-state index contributed by atoms with van der Waals surface area (Å²) in [6.45, 7) is 4.62. The van der Waals surface area contributed by atoms with Gasteiger partial charge in [-0.1, -0.05) is 83.3 Å². The van der Waals surface area contributed by atoms with Crippen molar-refractivity contribution in [1.29, 1.82) is 5.26 Å². The molecule has 0 aromatic heterocycles. The van der Waals surface area contributed by atoms with Crippen LogP contribution in [0.3, 0.4) is 0 Å². The van der Waals surface area contributed by atoms with Gasteiger partial charge in [0.2, 0.25) is 0 Å². The fraction of sp³-hybridized carbons (Fsp3) is 0.893. The number of hydrogen-bond donors (Lipinski definition) is 0. The van der Waals surface area contributed by atoms with Gasteiger partial charge in [0.05, 0.1) is 11.5 Å². The minimum absolute atomic E-state index is 0.0940. The van der Waals surface area contributed by atoms with Crippen LogP contribution in [0.4, 0.5) is 0 Å². The molecule has 1 heteroatoms. The maximum Gasteiger partial charge on any atom is 0.0782 e. The van der Waals surface area contributed by atoms with Gasteiger partial charge in [0.15, 0.2) is 0 Å². The quantitative estimate of drug-likeness (QED) is 0.281. The van der Waals surface area contributed by atoms with Crippen LogP contribution in [-0.2, 0) is 0 Å². The normalized spacial score (nSPS) is 35.7. The molecule has 29 heavy (non-hydrogen) atoms. The summed E-state index contributed by atoms with van der Waals surface area (Å²) in [5.41, 5.74) is 1.44. The Kier molecular flexibility index (Phi) is 9.14. The lowest BCUT2D eigenvalue weighted by atomic mass is 9.61. The highest BCUT2D eigenvalue weighted by Crippen LogP contribution is 2.51. The summed E-state index contributed by atoms with van der Waals surface area (Å²) in [5, 5.41) is 10.2. The van der Waals surface area contributed by atoms with Gasteiger partial charge in [0, 0.05) is 0 Å². The van der Waals surface area contributed by atoms with E-state index in [4.69, 9.17) is 0 Å². The van der Waals surface area contributed by atoms with Gasteiger partial charge < -0.3 is 0 Å². The largest absolute Gasteiger partial charge is 0.197 e. The molecule has 0 aliphatic heterocycles. The topological polar surface area (TPSA) is 23.8 Å². The van der Waals surface area contributed by atoms with Crippen molar-refractivity contribution in [2.75, 3.05) is 0 Å². The zero-order chi connectivity index (χ0) is 20.5. The van der Waals surface area contributed by atoms with E-state index in [1.807, 2.05) is 0 Å². The second kappa shape index (κ2) is 11.6. The third-order valence-corrected chi connectivity index (χ3v) is 8.97. The van der Waals surface area contributed by atoms with Crippen molar-refractivity contribution >= 4 is 0 Å². The molecule has 1 atom stereocenters. The Bertz CT molecular complexity index is 537. The Hall–Kier alpha value is -0.770. The zero-order valence-electron chi connectivity index (χ0n) is 19.6. The van der Waals surface area contributed by atoms with E-state index in [1.54, 1.807) is 0 Å². The van der Waals surface area contributed by atoms with Crippen LogP contribution in [0.15, 0.2) is 11.6 Å². The molecule has 3 rings (SSSR count). The number of rotatable bonds is 9. The number of hydrogen-bond acceptors (Lipinski definition) is 1. The van der Waals surface area contributed by atoms with E-state index in [-0.39, 0.29) is 5.41 Å². The van der Waals surface area contributed by atoms with Gasteiger partial charge >= 0.3 is 0 Å². The Balaban J connectivity index is 1.46. The van der Waals surface area contributed by atoms with Crippen molar-refractivity contribution in [3.05, 3.63) is 11.6 Å². The van der Waals surface area contributed by atoms with Gasteiger partial charge in [-0.05, 0) is 81.5 Å². The van der Waals surface area contributed by atoms with Gasteiger partial charge in [0.1, 0.15) is 0 Å². The molecule has 3 aliphatic carbocycles. The number of allylic oxidation sites excluding steroid dienone is 2. The molecule has 1 unspecified atom stereocenters. The van der Waals surface area contributed by atoms with Crippen LogP contribution in [-0.4, -0.2) is 0 Å². The van der Waals surface area contributed by atoms with E-state index in [1.165, 1.54) is 108 Å². The van der Waals surface area contributed by atoms with E-state index in [9.17, 15) is 5.26 Å². The predicted octanol–water partition coefficient (Wildman–Crippen LogP) is 8.99. The molecule has 3 aliphatic rings. The number of nitrogens with zero attached hydrogens (tertiary/aromatic N) is 1. The first-order chi connectivity index (χ1) is 14.2. The first kappa shape index (κ1) is 22.9. The molecule has 0 N–H and O–H groups in total. The fourth-order valence-corrected chi connectivity index (χ4v) is 6.82. The summed E-state index contributed by atoms with van der Waals surface area (Å²) in [6, 6.07) is 2.84. The second-order valence-corrected chi connectivity index (χ2v) is 10.8. The lowest BCUT2D eigenvalue weighted by Crippen LogP contribution is -2.33. The van der Waals surface area contributed by atoms with Crippen molar-refractivity contribution in [2.45, 2.75) is 129 Å². The molecule has 0 aromatic rings. The molecule has 0 saturated heterocycles. The van der Waals surface area contributed by atoms with Gasteiger partial charge in [-0.3, -0.25) is 0 Å². The van der Waals surface area contributed by atoms with E-state index < -0.39 is 0 Å². The molecule has 0 radical (unpaired) electrons. The predicted molar refractivity (Wildman–Crippen MR) is 125 cm³/mol. The maximum absolute atomic E-state index is 10.2. The van der Waals surface area contributed by atoms with Crippen molar-refractivity contribution in [1.82, 2.24) is 0 Å². The molecule has 0 amide bonds. The summed E-state index contributed by atoms with van der Waals surface area (Å²) in [7, 11) is 0. The summed E-state index contributed by atoms with van der Waals surface area (Å²) < 4.78 is 0. The highest BCUT2D eigenvalue weighted by atomic mass is 14.5. The Morgan fingerprint density at radius 3 is 2.07 bits per heavy atom. The zero-order valence-corrected chi connectivity index (χ0v) is 19.6. The summed E-state index contributed by atoms with van der Waals surface area (Å²) in [4.78, 5) is 0. The molecule has 0 bridgehead atoms. The van der Waals surface area contributed by atoms with Crippen LogP contribution in [0.25, 0.3) is 0 Å². The fourth-order valence-electron chi connectivity index (χ4n) is 6.82. The first-order valence-corrected chi connectivity index (χ1v) is 13.3. The van der Waals surface area contributed by atoms with Crippen LogP contribution in [0, 0.1) is 40.4 Å². The SMILES string of the molecule is CCCCCC1CC=C(C2(C#N)CCC(C3CCC(CCCC)CC3)CC2)CC1. The molecule has 1 nitrogen and oxygen atoms in total. The molecule has 0 spiro atoms. The minimum atomic E-state index is -0.0940. The Labute approximate surface area is 181 Å². The third kappa shape index (κ3) is 6.12. The van der Waals surface area contributed by atoms with Crippen molar-refractivity contribution in [2.24, 2.45) is 29.1 Å². The summed E-state index contributed by atoms with van der Waals surface area (Å²) >= 11 is 0. The highest BCUT2D eigenvalue weighted by Gasteiger charge is 2.41. The van der Waals surface area contributed by atoms with E-state index >= 15 is 0 Å². The molecular formula is C28H47N. The molecule has 0 aromatic carbocycles. The standard InChI is InChI=1S/C28H47N/c1-3-5-7-9-24-12-16-27(17-13-24)28(22-29)20-18-26(19-21-28)25-14-10-23(11-15-25)8-6-4-2/h16,23-26H,3-15,17-21H2,1-2H3. The average Bonchev–Trinajstić information content (AvgIpc) is 2.79. The van der Waals surface area contributed by atoms with Gasteiger partial charge in [0.25, 0.3) is 0 Å². The van der Waals surface area contributed by atoms with Crippen molar-refractivity contribution in [3.8, 4) is 6.07 Å². The Morgan fingerprint density at radius 1 is 0.828 bits per heavy atom. The maximum atomic E-state index is 10.2. The monoisotopic (exact) mass is 397 g/mol. The average molecular weight is 398 g/mol. The van der Waals surface area contributed by atoms with Crippen LogP contribution in [0.5, 0.6) is 0 Å². The first-order valence-electron chi connectivity index (χ1n) is 13.3. The van der Waals surface area contributed by atoms with Crippen molar-refractivity contribution in [3.63, 3.8) is 0 Å². The summed E-state index contributed by atoms with van der Waals surface area (Å²) in [5.74, 6) is 3.79. The smallest absolute Gasteiger partial charge is 0.0782 e. The van der Waals surface area contributed by atoms with E-state index in [2.05, 4.69) is 26.0 Å². The molecular weight excluding hydrogens is 350 g/mol. The number of unbranched alkanes of at least 4 members (excludes halogenated alkanes) is 3. The van der Waals surface area contributed by atoms with Crippen LogP contribution < -0.4 is 0 Å². The van der Waals surface area contributed by atoms with Gasteiger partial charge in [-0.15, -0.1) is 0 Å². The second-order valence-electron chi connectivity index (χ2n) is 10.8.